The standard InChI is InChI=1S/C23H26N6O4/c30-22(31)15-12-18-19(26-14-15)13-20(29-8-10-32-11-9-29)28-21(18)33-17-4-2-16(3-5-17)27-23-24-6-1-7-25-23/h1,6-7,12-14,16-17H,2-5,8-11H2,(H,30,31)(H,24,25,27). The molecule has 0 atom stereocenters. The number of pyridine rings is 2. The van der Waals surface area contributed by atoms with Crippen molar-refractivity contribution in [2.45, 2.75) is 37.8 Å². The summed E-state index contributed by atoms with van der Waals surface area (Å²) in [5.74, 6) is 0.822. The Morgan fingerprint density at radius 1 is 1.09 bits per heavy atom. The lowest BCUT2D eigenvalue weighted by Crippen LogP contribution is -2.37. The molecule has 1 saturated carbocycles. The molecule has 0 aromatic carbocycles. The van der Waals surface area contributed by atoms with E-state index in [9.17, 15) is 9.90 Å². The summed E-state index contributed by atoms with van der Waals surface area (Å²) < 4.78 is 11.8. The van der Waals surface area contributed by atoms with Gasteiger partial charge in [-0.25, -0.2) is 14.8 Å². The minimum Gasteiger partial charge on any atom is -0.478 e. The number of hydrogen-bond acceptors (Lipinski definition) is 9. The van der Waals surface area contributed by atoms with Crippen molar-refractivity contribution < 1.29 is 19.4 Å². The van der Waals surface area contributed by atoms with Crippen LogP contribution in [0.1, 0.15) is 36.0 Å². The van der Waals surface area contributed by atoms with Crippen molar-refractivity contribution in [3.05, 3.63) is 42.4 Å². The van der Waals surface area contributed by atoms with Crippen LogP contribution in [0.5, 0.6) is 5.88 Å². The second-order valence-corrected chi connectivity index (χ2v) is 8.29. The summed E-state index contributed by atoms with van der Waals surface area (Å²) >= 11 is 0. The zero-order valence-electron chi connectivity index (χ0n) is 18.2. The van der Waals surface area contributed by atoms with E-state index in [1.54, 1.807) is 24.5 Å². The number of fused-ring (bicyclic) bond motifs is 1. The van der Waals surface area contributed by atoms with Gasteiger partial charge in [-0.05, 0) is 37.8 Å². The molecule has 33 heavy (non-hydrogen) atoms. The first-order valence-corrected chi connectivity index (χ1v) is 11.2. The summed E-state index contributed by atoms with van der Waals surface area (Å²) in [4.78, 5) is 31.3. The lowest BCUT2D eigenvalue weighted by Gasteiger charge is -2.31. The van der Waals surface area contributed by atoms with E-state index >= 15 is 0 Å². The van der Waals surface area contributed by atoms with Gasteiger partial charge < -0.3 is 24.8 Å². The molecule has 0 radical (unpaired) electrons. The molecule has 10 nitrogen and oxygen atoms in total. The minimum atomic E-state index is -1.03. The van der Waals surface area contributed by atoms with Crippen molar-refractivity contribution >= 4 is 28.6 Å². The Hall–Kier alpha value is -3.53. The molecule has 1 aliphatic carbocycles. The van der Waals surface area contributed by atoms with Crippen LogP contribution in [-0.2, 0) is 4.74 Å². The third kappa shape index (κ3) is 4.95. The molecule has 5 rings (SSSR count). The second-order valence-electron chi connectivity index (χ2n) is 8.29. The number of rotatable bonds is 6. The third-order valence-corrected chi connectivity index (χ3v) is 6.06. The number of aromatic nitrogens is 4. The van der Waals surface area contributed by atoms with Crippen molar-refractivity contribution in [1.29, 1.82) is 0 Å². The highest BCUT2D eigenvalue weighted by molar-refractivity contribution is 5.94. The highest BCUT2D eigenvalue weighted by atomic mass is 16.5. The zero-order chi connectivity index (χ0) is 22.6. The summed E-state index contributed by atoms with van der Waals surface area (Å²) in [7, 11) is 0. The molecular formula is C23H26N6O4. The van der Waals surface area contributed by atoms with Gasteiger partial charge in [-0.15, -0.1) is 0 Å². The monoisotopic (exact) mass is 450 g/mol. The number of nitrogens with zero attached hydrogens (tertiary/aromatic N) is 5. The molecule has 3 aromatic heterocycles. The molecule has 2 fully saturated rings. The Bertz CT molecular complexity index is 1110. The highest BCUT2D eigenvalue weighted by Gasteiger charge is 2.25. The van der Waals surface area contributed by atoms with E-state index in [0.29, 0.717) is 35.9 Å². The number of anilines is 2. The summed E-state index contributed by atoms with van der Waals surface area (Å²) in [6.45, 7) is 2.76. The van der Waals surface area contributed by atoms with Gasteiger partial charge in [0.05, 0.1) is 29.7 Å². The van der Waals surface area contributed by atoms with Crippen molar-refractivity contribution in [3.8, 4) is 5.88 Å². The van der Waals surface area contributed by atoms with Crippen LogP contribution in [0.3, 0.4) is 0 Å². The van der Waals surface area contributed by atoms with Crippen LogP contribution in [0.2, 0.25) is 0 Å². The van der Waals surface area contributed by atoms with Crippen LogP contribution in [-0.4, -0.2) is 69.5 Å². The van der Waals surface area contributed by atoms with Crippen molar-refractivity contribution in [2.75, 3.05) is 36.5 Å². The van der Waals surface area contributed by atoms with E-state index in [-0.39, 0.29) is 17.7 Å². The average Bonchev–Trinajstić information content (AvgIpc) is 2.86. The SMILES string of the molecule is O=C(O)c1cnc2cc(N3CCOCC3)nc(OC3CCC(Nc4ncccn4)CC3)c2c1. The van der Waals surface area contributed by atoms with Gasteiger partial charge in [0.25, 0.3) is 0 Å². The van der Waals surface area contributed by atoms with E-state index in [1.165, 1.54) is 6.20 Å². The number of carboxylic acids is 1. The minimum absolute atomic E-state index is 0.0103. The van der Waals surface area contributed by atoms with Crippen LogP contribution >= 0.6 is 0 Å². The Morgan fingerprint density at radius 3 is 2.58 bits per heavy atom. The van der Waals surface area contributed by atoms with E-state index in [4.69, 9.17) is 14.5 Å². The number of morpholine rings is 1. The van der Waals surface area contributed by atoms with Gasteiger partial charge in [-0.1, -0.05) is 0 Å². The molecule has 1 saturated heterocycles. The van der Waals surface area contributed by atoms with Crippen LogP contribution in [0.4, 0.5) is 11.8 Å². The van der Waals surface area contributed by atoms with E-state index < -0.39 is 5.97 Å². The smallest absolute Gasteiger partial charge is 0.337 e. The molecule has 1 aliphatic heterocycles. The second kappa shape index (κ2) is 9.53. The molecule has 2 N–H and O–H groups in total. The maximum absolute atomic E-state index is 11.5. The number of hydrogen-bond donors (Lipinski definition) is 2. The molecule has 10 heteroatoms. The van der Waals surface area contributed by atoms with Gasteiger partial charge >= 0.3 is 5.97 Å². The summed E-state index contributed by atoms with van der Waals surface area (Å²) in [6.07, 6.45) is 8.35. The molecule has 2 aliphatic rings. The number of carbonyl (C=O) groups is 1. The fourth-order valence-electron chi connectivity index (χ4n) is 4.28. The molecule has 0 bridgehead atoms. The molecule has 0 spiro atoms. The largest absolute Gasteiger partial charge is 0.478 e. The normalized spacial score (nSPS) is 21.0. The topological polar surface area (TPSA) is 123 Å². The van der Waals surface area contributed by atoms with Gasteiger partial charge in [0, 0.05) is 43.8 Å². The Morgan fingerprint density at radius 2 is 1.85 bits per heavy atom. The Balaban J connectivity index is 1.35. The molecule has 3 aromatic rings. The van der Waals surface area contributed by atoms with Gasteiger partial charge in [0.15, 0.2) is 0 Å². The van der Waals surface area contributed by atoms with E-state index in [0.717, 1.165) is 44.6 Å². The quantitative estimate of drug-likeness (QED) is 0.579. The predicted molar refractivity (Wildman–Crippen MR) is 122 cm³/mol. The van der Waals surface area contributed by atoms with E-state index in [1.807, 2.05) is 6.07 Å². The van der Waals surface area contributed by atoms with Crippen LogP contribution in [0.25, 0.3) is 10.9 Å². The van der Waals surface area contributed by atoms with E-state index in [2.05, 4.69) is 25.2 Å². The van der Waals surface area contributed by atoms with Gasteiger partial charge in [0.2, 0.25) is 11.8 Å². The van der Waals surface area contributed by atoms with Crippen LogP contribution in [0.15, 0.2) is 36.8 Å². The maximum atomic E-state index is 11.5. The molecule has 172 valence electrons. The fraction of sp³-hybridized carbons (Fsp3) is 0.435. The third-order valence-electron chi connectivity index (χ3n) is 6.06. The molecule has 0 amide bonds. The summed E-state index contributed by atoms with van der Waals surface area (Å²) in [6, 6.07) is 5.57. The first kappa shape index (κ1) is 21.3. The summed E-state index contributed by atoms with van der Waals surface area (Å²) in [5, 5.41) is 13.4. The highest BCUT2D eigenvalue weighted by Crippen LogP contribution is 2.32. The summed E-state index contributed by atoms with van der Waals surface area (Å²) in [5.41, 5.74) is 0.784. The first-order valence-electron chi connectivity index (χ1n) is 11.2. The number of ether oxygens (including phenoxy) is 2. The van der Waals surface area contributed by atoms with Crippen molar-refractivity contribution in [3.63, 3.8) is 0 Å². The predicted octanol–water partition coefficient (Wildman–Crippen LogP) is 2.76. The van der Waals surface area contributed by atoms with Crippen LogP contribution in [0, 0.1) is 0 Å². The molecular weight excluding hydrogens is 424 g/mol. The lowest BCUT2D eigenvalue weighted by molar-refractivity contribution is 0.0696. The van der Waals surface area contributed by atoms with Crippen LogP contribution < -0.4 is 15.0 Å². The zero-order valence-corrected chi connectivity index (χ0v) is 18.2. The van der Waals surface area contributed by atoms with Crippen molar-refractivity contribution in [1.82, 2.24) is 19.9 Å². The van der Waals surface area contributed by atoms with Crippen molar-refractivity contribution in [2.24, 2.45) is 0 Å². The molecule has 4 heterocycles. The fourth-order valence-corrected chi connectivity index (χ4v) is 4.28. The first-order chi connectivity index (χ1) is 16.2. The molecule has 0 unspecified atom stereocenters. The lowest BCUT2D eigenvalue weighted by atomic mass is 9.93. The number of carboxylic acid groups (broad SMARTS) is 1. The number of nitrogens with one attached hydrogen (secondary N) is 1. The Kier molecular flexibility index (Phi) is 6.16. The number of aromatic carboxylic acids is 1. The van der Waals surface area contributed by atoms with Gasteiger partial charge in [0.1, 0.15) is 11.9 Å². The Labute approximate surface area is 191 Å². The van der Waals surface area contributed by atoms with Gasteiger partial charge in [-0.2, -0.15) is 4.98 Å². The average molecular weight is 450 g/mol. The maximum Gasteiger partial charge on any atom is 0.337 e. The van der Waals surface area contributed by atoms with Gasteiger partial charge in [-0.3, -0.25) is 4.98 Å².